The van der Waals surface area contributed by atoms with Crippen LogP contribution in [0.3, 0.4) is 0 Å². The lowest BCUT2D eigenvalue weighted by Crippen LogP contribution is -2.21. The van der Waals surface area contributed by atoms with Crippen molar-refractivity contribution in [2.45, 2.75) is 0 Å². The van der Waals surface area contributed by atoms with Crippen LogP contribution in [-0.4, -0.2) is 37.3 Å². The molecule has 0 aliphatic heterocycles. The Morgan fingerprint density at radius 2 is 1.92 bits per heavy atom. The van der Waals surface area contributed by atoms with Crippen molar-refractivity contribution >= 4 is 23.8 Å². The number of hydrazone groups is 1. The highest BCUT2D eigenvalue weighted by atomic mass is 19.1. The van der Waals surface area contributed by atoms with E-state index in [-0.39, 0.29) is 22.4 Å². The minimum absolute atomic E-state index is 0.0205. The zero-order valence-corrected chi connectivity index (χ0v) is 13.5. The van der Waals surface area contributed by atoms with Crippen LogP contribution in [0.1, 0.15) is 26.3 Å². The van der Waals surface area contributed by atoms with Crippen LogP contribution in [0.2, 0.25) is 0 Å². The molecule has 2 N–H and O–H groups in total. The van der Waals surface area contributed by atoms with Gasteiger partial charge in [-0.05, 0) is 30.3 Å². The number of carboxylic acid groups (broad SMARTS) is 1. The van der Waals surface area contributed by atoms with Crippen LogP contribution in [0.15, 0.2) is 41.5 Å². The van der Waals surface area contributed by atoms with Gasteiger partial charge in [0.05, 0.1) is 23.0 Å². The number of carbonyl (C=O) groups is 2. The number of benzene rings is 2. The summed E-state index contributed by atoms with van der Waals surface area (Å²) in [6.45, 7) is 0. The number of nitrogens with one attached hydrogen (secondary N) is 1. The Balaban J connectivity index is 2.14. The number of carbonyl (C=O) groups excluding carboxylic acids is 1. The van der Waals surface area contributed by atoms with Gasteiger partial charge in [0.1, 0.15) is 5.82 Å². The fraction of sp³-hybridized carbons (Fsp3) is 0.118. The first-order valence-corrected chi connectivity index (χ1v) is 7.13. The Morgan fingerprint density at radius 1 is 1.20 bits per heavy atom. The van der Waals surface area contributed by atoms with E-state index in [9.17, 15) is 18.4 Å². The van der Waals surface area contributed by atoms with E-state index in [1.54, 1.807) is 14.1 Å². The van der Waals surface area contributed by atoms with E-state index in [1.165, 1.54) is 35.2 Å². The third kappa shape index (κ3) is 4.17. The molecule has 0 fully saturated rings. The van der Waals surface area contributed by atoms with Crippen LogP contribution < -0.4 is 10.3 Å². The first-order chi connectivity index (χ1) is 11.8. The third-order valence-electron chi connectivity index (χ3n) is 3.32. The summed E-state index contributed by atoms with van der Waals surface area (Å²) < 4.78 is 28.0. The van der Waals surface area contributed by atoms with Gasteiger partial charge in [-0.25, -0.2) is 19.0 Å². The van der Waals surface area contributed by atoms with Gasteiger partial charge in [0.25, 0.3) is 5.91 Å². The fourth-order valence-corrected chi connectivity index (χ4v) is 2.03. The standard InChI is InChI=1S/C17H15F2N3O3/c1-22(2)14-5-3-4-12(15(14)19)16(23)21-20-9-11-7-6-10(17(24)25)8-13(11)18/h3-9H,1-2H3,(H,21,23)(H,24,25)/b20-9+. The second-order valence-electron chi connectivity index (χ2n) is 5.27. The predicted molar refractivity (Wildman–Crippen MR) is 89.1 cm³/mol. The molecule has 0 heterocycles. The predicted octanol–water partition coefficient (Wildman–Crippen LogP) is 2.49. The van der Waals surface area contributed by atoms with Gasteiger partial charge in [-0.3, -0.25) is 4.79 Å². The molecule has 0 radical (unpaired) electrons. The van der Waals surface area contributed by atoms with Crippen LogP contribution in [0.25, 0.3) is 0 Å². The van der Waals surface area contributed by atoms with Gasteiger partial charge in [-0.1, -0.05) is 6.07 Å². The first-order valence-electron chi connectivity index (χ1n) is 7.13. The number of aromatic carboxylic acids is 1. The quantitative estimate of drug-likeness (QED) is 0.643. The van der Waals surface area contributed by atoms with Gasteiger partial charge < -0.3 is 10.0 Å². The first kappa shape index (κ1) is 18.1. The maximum absolute atomic E-state index is 14.2. The van der Waals surface area contributed by atoms with Crippen LogP contribution in [0.4, 0.5) is 14.5 Å². The van der Waals surface area contributed by atoms with Gasteiger partial charge >= 0.3 is 5.97 Å². The molecule has 2 aromatic carbocycles. The van der Waals surface area contributed by atoms with Gasteiger partial charge in [-0.2, -0.15) is 5.10 Å². The van der Waals surface area contributed by atoms with Crippen molar-refractivity contribution in [2.75, 3.05) is 19.0 Å². The number of nitrogens with zero attached hydrogens (tertiary/aromatic N) is 2. The maximum Gasteiger partial charge on any atom is 0.335 e. The summed E-state index contributed by atoms with van der Waals surface area (Å²) in [6, 6.07) is 7.60. The molecular weight excluding hydrogens is 332 g/mol. The summed E-state index contributed by atoms with van der Waals surface area (Å²) >= 11 is 0. The molecule has 0 unspecified atom stereocenters. The van der Waals surface area contributed by atoms with E-state index in [0.717, 1.165) is 12.3 Å². The molecule has 0 aromatic heterocycles. The summed E-state index contributed by atoms with van der Waals surface area (Å²) in [6.07, 6.45) is 1.01. The molecule has 6 nitrogen and oxygen atoms in total. The topological polar surface area (TPSA) is 82.0 Å². The van der Waals surface area contributed by atoms with Gasteiger partial charge in [0, 0.05) is 19.7 Å². The van der Waals surface area contributed by atoms with Crippen LogP contribution >= 0.6 is 0 Å². The lowest BCUT2D eigenvalue weighted by atomic mass is 10.1. The average Bonchev–Trinajstić information content (AvgIpc) is 2.55. The van der Waals surface area contributed by atoms with Crippen molar-refractivity contribution in [2.24, 2.45) is 5.10 Å². The Bertz CT molecular complexity index is 851. The normalized spacial score (nSPS) is 10.7. The maximum atomic E-state index is 14.2. The molecule has 0 atom stereocenters. The van der Waals surface area contributed by atoms with Crippen molar-refractivity contribution in [3.8, 4) is 0 Å². The fourth-order valence-electron chi connectivity index (χ4n) is 2.03. The zero-order valence-electron chi connectivity index (χ0n) is 13.5. The molecule has 8 heteroatoms. The highest BCUT2D eigenvalue weighted by molar-refractivity contribution is 5.96. The minimum atomic E-state index is -1.26. The molecule has 0 bridgehead atoms. The van der Waals surface area contributed by atoms with E-state index in [0.29, 0.717) is 0 Å². The molecule has 2 rings (SSSR count). The molecule has 0 saturated heterocycles. The Labute approximate surface area is 142 Å². The summed E-state index contributed by atoms with van der Waals surface area (Å²) in [4.78, 5) is 24.3. The SMILES string of the molecule is CN(C)c1cccc(C(=O)N/N=C/c2ccc(C(=O)O)cc2F)c1F. The Hall–Kier alpha value is -3.29. The molecular formula is C17H15F2N3O3. The second-order valence-corrected chi connectivity index (χ2v) is 5.27. The number of amides is 1. The highest BCUT2D eigenvalue weighted by Gasteiger charge is 2.15. The Morgan fingerprint density at radius 3 is 2.52 bits per heavy atom. The number of hydrogen-bond donors (Lipinski definition) is 2. The molecule has 25 heavy (non-hydrogen) atoms. The largest absolute Gasteiger partial charge is 0.478 e. The van der Waals surface area contributed by atoms with E-state index < -0.39 is 23.5 Å². The Kier molecular flexibility index (Phi) is 5.43. The smallest absolute Gasteiger partial charge is 0.335 e. The van der Waals surface area contributed by atoms with Crippen molar-refractivity contribution < 1.29 is 23.5 Å². The number of anilines is 1. The molecule has 1 amide bonds. The van der Waals surface area contributed by atoms with Gasteiger partial charge in [0.15, 0.2) is 5.82 Å². The second kappa shape index (κ2) is 7.52. The lowest BCUT2D eigenvalue weighted by molar-refractivity contribution is 0.0696. The van der Waals surface area contributed by atoms with Crippen molar-refractivity contribution in [1.82, 2.24) is 5.43 Å². The van der Waals surface area contributed by atoms with Crippen molar-refractivity contribution in [3.63, 3.8) is 0 Å². The molecule has 0 aliphatic rings. The number of halogens is 2. The van der Waals surface area contributed by atoms with Crippen LogP contribution in [0, 0.1) is 11.6 Å². The number of hydrogen-bond acceptors (Lipinski definition) is 4. The van der Waals surface area contributed by atoms with Crippen LogP contribution in [-0.2, 0) is 0 Å². The number of carboxylic acids is 1. The summed E-state index contributed by atoms with van der Waals surface area (Å²) in [5, 5.41) is 12.3. The molecule has 0 spiro atoms. The van der Waals surface area contributed by atoms with E-state index in [4.69, 9.17) is 5.11 Å². The molecule has 0 aliphatic carbocycles. The average molecular weight is 347 g/mol. The molecule has 0 saturated carbocycles. The van der Waals surface area contributed by atoms with Crippen molar-refractivity contribution in [1.29, 1.82) is 0 Å². The zero-order chi connectivity index (χ0) is 18.6. The third-order valence-corrected chi connectivity index (χ3v) is 3.32. The highest BCUT2D eigenvalue weighted by Crippen LogP contribution is 2.20. The molecule has 2 aromatic rings. The minimum Gasteiger partial charge on any atom is -0.478 e. The monoisotopic (exact) mass is 347 g/mol. The van der Waals surface area contributed by atoms with Crippen molar-refractivity contribution in [3.05, 3.63) is 64.7 Å². The van der Waals surface area contributed by atoms with Gasteiger partial charge in [0.2, 0.25) is 0 Å². The lowest BCUT2D eigenvalue weighted by Gasteiger charge is -2.14. The number of rotatable bonds is 5. The van der Waals surface area contributed by atoms with E-state index in [2.05, 4.69) is 10.5 Å². The summed E-state index contributed by atoms with van der Waals surface area (Å²) in [7, 11) is 3.28. The van der Waals surface area contributed by atoms with E-state index in [1.807, 2.05) is 0 Å². The summed E-state index contributed by atoms with van der Waals surface area (Å²) in [5.41, 5.74) is 1.92. The van der Waals surface area contributed by atoms with E-state index >= 15 is 0 Å². The summed E-state index contributed by atoms with van der Waals surface area (Å²) in [5.74, 6) is -3.55. The van der Waals surface area contributed by atoms with Gasteiger partial charge in [-0.15, -0.1) is 0 Å². The molecule has 130 valence electrons. The van der Waals surface area contributed by atoms with Crippen LogP contribution in [0.5, 0.6) is 0 Å².